The Kier molecular flexibility index (Phi) is 3.45. The van der Waals surface area contributed by atoms with E-state index >= 15 is 0 Å². The van der Waals surface area contributed by atoms with Crippen molar-refractivity contribution in [3.05, 3.63) is 21.0 Å². The normalized spacial score (nSPS) is 14.6. The third-order valence-corrected chi connectivity index (χ3v) is 2.50. The fourth-order valence-electron chi connectivity index (χ4n) is 1.38. The van der Waals surface area contributed by atoms with Crippen LogP contribution in [0.4, 0.5) is 11.6 Å². The number of nitrogens with zero attached hydrogens (tertiary/aromatic N) is 2. The summed E-state index contributed by atoms with van der Waals surface area (Å²) in [6.45, 7) is 0.272. The van der Waals surface area contributed by atoms with Gasteiger partial charge in [-0.25, -0.2) is 10.4 Å². The summed E-state index contributed by atoms with van der Waals surface area (Å²) < 4.78 is 0. The van der Waals surface area contributed by atoms with Gasteiger partial charge in [-0.2, -0.15) is 0 Å². The SMILES string of the molecule is O=Nc1c(CO)nc(NNCC2CC2)[nH]c1=O. The quantitative estimate of drug-likeness (QED) is 0.409. The van der Waals surface area contributed by atoms with E-state index in [9.17, 15) is 9.70 Å². The second-order valence-electron chi connectivity index (χ2n) is 3.91. The molecule has 8 heteroatoms. The van der Waals surface area contributed by atoms with Gasteiger partial charge in [0, 0.05) is 6.54 Å². The van der Waals surface area contributed by atoms with Gasteiger partial charge in [0.1, 0.15) is 5.69 Å². The first-order valence-electron chi connectivity index (χ1n) is 5.31. The first-order valence-corrected chi connectivity index (χ1v) is 5.31. The van der Waals surface area contributed by atoms with Crippen molar-refractivity contribution in [3.63, 3.8) is 0 Å². The molecule has 0 unspecified atom stereocenters. The lowest BCUT2D eigenvalue weighted by Crippen LogP contribution is -2.27. The minimum Gasteiger partial charge on any atom is -0.390 e. The maximum absolute atomic E-state index is 11.4. The van der Waals surface area contributed by atoms with E-state index in [0.717, 1.165) is 6.54 Å². The molecule has 0 saturated heterocycles. The highest BCUT2D eigenvalue weighted by Gasteiger charge is 2.20. The third-order valence-electron chi connectivity index (χ3n) is 2.50. The first-order chi connectivity index (χ1) is 8.24. The van der Waals surface area contributed by atoms with E-state index in [1.807, 2.05) is 0 Å². The largest absolute Gasteiger partial charge is 0.390 e. The Balaban J connectivity index is 2.08. The van der Waals surface area contributed by atoms with Crippen molar-refractivity contribution in [2.45, 2.75) is 19.4 Å². The number of hydrogen-bond acceptors (Lipinski definition) is 7. The number of aliphatic hydroxyl groups excluding tert-OH is 1. The van der Waals surface area contributed by atoms with Crippen LogP contribution in [0.5, 0.6) is 0 Å². The van der Waals surface area contributed by atoms with Crippen molar-refractivity contribution >= 4 is 11.6 Å². The Morgan fingerprint density at radius 3 is 2.88 bits per heavy atom. The van der Waals surface area contributed by atoms with Crippen molar-refractivity contribution in [1.29, 1.82) is 0 Å². The van der Waals surface area contributed by atoms with E-state index in [1.165, 1.54) is 12.8 Å². The van der Waals surface area contributed by atoms with Crippen molar-refractivity contribution in [2.24, 2.45) is 11.1 Å². The number of hydrazine groups is 1. The number of aromatic nitrogens is 2. The molecule has 0 radical (unpaired) electrons. The highest BCUT2D eigenvalue weighted by atomic mass is 16.3. The molecule has 1 aliphatic rings. The average molecular weight is 239 g/mol. The van der Waals surface area contributed by atoms with E-state index in [-0.39, 0.29) is 17.3 Å². The molecule has 17 heavy (non-hydrogen) atoms. The van der Waals surface area contributed by atoms with Gasteiger partial charge < -0.3 is 5.11 Å². The van der Waals surface area contributed by atoms with Crippen molar-refractivity contribution in [2.75, 3.05) is 12.0 Å². The van der Waals surface area contributed by atoms with Crippen LogP contribution in [0.1, 0.15) is 18.5 Å². The standard InChI is InChI=1S/C9H13N5O3/c15-4-6-7(14-17)8(16)12-9(11-6)13-10-3-5-1-2-5/h5,10,15H,1-4H2,(H2,11,12,13,16). The summed E-state index contributed by atoms with van der Waals surface area (Å²) in [7, 11) is 0. The van der Waals surface area contributed by atoms with Crippen LogP contribution in [0, 0.1) is 10.8 Å². The summed E-state index contributed by atoms with van der Waals surface area (Å²) in [6.07, 6.45) is 2.41. The molecule has 0 spiro atoms. The Labute approximate surface area is 96.4 Å². The number of hydrogen-bond donors (Lipinski definition) is 4. The molecule has 1 saturated carbocycles. The number of nitrogens with one attached hydrogen (secondary N) is 3. The molecule has 1 aliphatic carbocycles. The zero-order valence-corrected chi connectivity index (χ0v) is 9.06. The molecule has 0 aromatic carbocycles. The number of rotatable bonds is 6. The van der Waals surface area contributed by atoms with Crippen molar-refractivity contribution in [3.8, 4) is 0 Å². The van der Waals surface area contributed by atoms with Crippen LogP contribution < -0.4 is 16.4 Å². The Hall–Kier alpha value is -1.80. The monoisotopic (exact) mass is 239 g/mol. The fourth-order valence-corrected chi connectivity index (χ4v) is 1.38. The molecular formula is C9H13N5O3. The molecule has 0 atom stereocenters. The number of anilines is 1. The van der Waals surface area contributed by atoms with Crippen LogP contribution in [-0.2, 0) is 6.61 Å². The number of H-pyrrole nitrogens is 1. The van der Waals surface area contributed by atoms with Crippen molar-refractivity contribution < 1.29 is 5.11 Å². The predicted octanol–water partition coefficient (Wildman–Crippen LogP) is -0.0134. The topological polar surface area (TPSA) is 119 Å². The van der Waals surface area contributed by atoms with Gasteiger partial charge in [0.15, 0.2) is 5.69 Å². The highest BCUT2D eigenvalue weighted by molar-refractivity contribution is 5.42. The van der Waals surface area contributed by atoms with E-state index in [2.05, 4.69) is 26.0 Å². The van der Waals surface area contributed by atoms with E-state index in [1.54, 1.807) is 0 Å². The molecule has 0 aliphatic heterocycles. The maximum Gasteiger partial charge on any atom is 0.282 e. The van der Waals surface area contributed by atoms with Gasteiger partial charge in [0.05, 0.1) is 6.61 Å². The van der Waals surface area contributed by atoms with Crippen LogP contribution in [0.25, 0.3) is 0 Å². The Morgan fingerprint density at radius 1 is 1.53 bits per heavy atom. The van der Waals surface area contributed by atoms with Gasteiger partial charge in [-0.15, -0.1) is 4.91 Å². The van der Waals surface area contributed by atoms with E-state index in [0.29, 0.717) is 5.92 Å². The van der Waals surface area contributed by atoms with Gasteiger partial charge in [0.25, 0.3) is 5.56 Å². The van der Waals surface area contributed by atoms with Crippen LogP contribution >= 0.6 is 0 Å². The minimum absolute atomic E-state index is 0.0422. The van der Waals surface area contributed by atoms with Gasteiger partial charge >= 0.3 is 0 Å². The van der Waals surface area contributed by atoms with E-state index < -0.39 is 12.2 Å². The van der Waals surface area contributed by atoms with Gasteiger partial charge in [-0.1, -0.05) is 0 Å². The maximum atomic E-state index is 11.4. The van der Waals surface area contributed by atoms with Crippen LogP contribution in [0.15, 0.2) is 9.97 Å². The summed E-state index contributed by atoms with van der Waals surface area (Å²) in [5.41, 5.74) is 4.52. The van der Waals surface area contributed by atoms with Crippen LogP contribution in [-0.4, -0.2) is 21.6 Å². The molecule has 1 heterocycles. The average Bonchev–Trinajstić information content (AvgIpc) is 3.12. The summed E-state index contributed by atoms with van der Waals surface area (Å²) in [4.78, 5) is 28.0. The second-order valence-corrected chi connectivity index (χ2v) is 3.91. The van der Waals surface area contributed by atoms with E-state index in [4.69, 9.17) is 5.11 Å². The molecule has 8 nitrogen and oxygen atoms in total. The Bertz CT molecular complexity index is 468. The highest BCUT2D eigenvalue weighted by Crippen LogP contribution is 2.27. The first kappa shape index (κ1) is 11.7. The zero-order valence-electron chi connectivity index (χ0n) is 9.06. The second kappa shape index (κ2) is 5.02. The molecule has 0 bridgehead atoms. The molecule has 1 aromatic heterocycles. The molecule has 92 valence electrons. The third kappa shape index (κ3) is 2.86. The Morgan fingerprint density at radius 2 is 2.29 bits per heavy atom. The van der Waals surface area contributed by atoms with Crippen LogP contribution in [0.3, 0.4) is 0 Å². The zero-order chi connectivity index (χ0) is 12.3. The minimum atomic E-state index is -0.672. The predicted molar refractivity (Wildman–Crippen MR) is 60.6 cm³/mol. The lowest BCUT2D eigenvalue weighted by atomic mass is 10.3. The summed E-state index contributed by atoms with van der Waals surface area (Å²) >= 11 is 0. The molecule has 2 rings (SSSR count). The summed E-state index contributed by atoms with van der Waals surface area (Å²) in [6, 6.07) is 0. The molecule has 4 N–H and O–H groups in total. The molecule has 0 amide bonds. The lowest BCUT2D eigenvalue weighted by molar-refractivity contribution is 0.277. The molecular weight excluding hydrogens is 226 g/mol. The van der Waals surface area contributed by atoms with Gasteiger partial charge in [0.2, 0.25) is 5.95 Å². The summed E-state index contributed by atoms with van der Waals surface area (Å²) in [5, 5.41) is 11.5. The van der Waals surface area contributed by atoms with Gasteiger partial charge in [-0.05, 0) is 23.9 Å². The molecule has 1 aromatic rings. The molecule has 1 fully saturated rings. The van der Waals surface area contributed by atoms with Crippen molar-refractivity contribution in [1.82, 2.24) is 15.4 Å². The lowest BCUT2D eigenvalue weighted by Gasteiger charge is -2.07. The van der Waals surface area contributed by atoms with Gasteiger partial charge in [-0.3, -0.25) is 15.2 Å². The fraction of sp³-hybridized carbons (Fsp3) is 0.556. The van der Waals surface area contributed by atoms with Crippen LogP contribution in [0.2, 0.25) is 0 Å². The number of aliphatic hydroxyl groups is 1. The smallest absolute Gasteiger partial charge is 0.282 e. The number of aromatic amines is 1. The number of nitroso groups, excluding NO2 is 1. The summed E-state index contributed by atoms with van der Waals surface area (Å²) in [5.74, 6) is 0.828.